The first kappa shape index (κ1) is 15.5. The Hall–Kier alpha value is -1.88. The van der Waals surface area contributed by atoms with Crippen LogP contribution in [0.3, 0.4) is 0 Å². The molecule has 2 rings (SSSR count). The van der Waals surface area contributed by atoms with Gasteiger partial charge in [-0.3, -0.25) is 4.79 Å². The molecule has 21 heavy (non-hydrogen) atoms. The number of aromatic nitrogens is 3. The second kappa shape index (κ2) is 6.72. The van der Waals surface area contributed by atoms with Gasteiger partial charge in [0, 0.05) is 43.7 Å². The van der Waals surface area contributed by atoms with Crippen molar-refractivity contribution in [1.29, 1.82) is 0 Å². The lowest BCUT2D eigenvalue weighted by molar-refractivity contribution is 0.0953. The number of carbonyl (C=O) groups excluding carboxylic acids is 1. The maximum absolute atomic E-state index is 12.2. The van der Waals surface area contributed by atoms with Crippen molar-refractivity contribution in [2.75, 3.05) is 6.54 Å². The molecule has 5 nitrogen and oxygen atoms in total. The molecule has 1 N–H and O–H groups in total. The molecule has 0 aliphatic heterocycles. The number of nitrogens with one attached hydrogen (secondary N) is 1. The molecule has 0 radical (unpaired) electrons. The minimum atomic E-state index is -0.143. The van der Waals surface area contributed by atoms with Crippen molar-refractivity contribution in [3.63, 3.8) is 0 Å². The highest BCUT2D eigenvalue weighted by molar-refractivity contribution is 6.29. The minimum absolute atomic E-state index is 0.143. The Morgan fingerprint density at radius 3 is 2.81 bits per heavy atom. The number of carbonyl (C=O) groups is 1. The van der Waals surface area contributed by atoms with Gasteiger partial charge in [-0.2, -0.15) is 0 Å². The quantitative estimate of drug-likeness (QED) is 0.864. The van der Waals surface area contributed by atoms with Gasteiger partial charge in [0.25, 0.3) is 5.91 Å². The van der Waals surface area contributed by atoms with E-state index < -0.39 is 0 Å². The Bertz CT molecular complexity index is 636. The smallest absolute Gasteiger partial charge is 0.251 e. The number of imidazole rings is 1. The van der Waals surface area contributed by atoms with Crippen molar-refractivity contribution in [2.24, 2.45) is 7.05 Å². The molecule has 6 heteroatoms. The molecule has 0 atom stereocenters. The molecule has 1 amide bonds. The van der Waals surface area contributed by atoms with Crippen LogP contribution in [0, 0.1) is 0 Å². The third kappa shape index (κ3) is 4.04. The van der Waals surface area contributed by atoms with Gasteiger partial charge in [-0.15, -0.1) is 0 Å². The number of hydrogen-bond acceptors (Lipinski definition) is 3. The highest BCUT2D eigenvalue weighted by Crippen LogP contribution is 2.17. The summed E-state index contributed by atoms with van der Waals surface area (Å²) in [5.41, 5.74) is 1.36. The zero-order valence-corrected chi connectivity index (χ0v) is 13.2. The Kier molecular flexibility index (Phi) is 4.96. The van der Waals surface area contributed by atoms with Crippen molar-refractivity contribution in [3.05, 3.63) is 46.8 Å². The van der Waals surface area contributed by atoms with Crippen LogP contribution in [0.5, 0.6) is 0 Å². The number of halogens is 1. The van der Waals surface area contributed by atoms with E-state index in [1.807, 2.05) is 31.7 Å². The van der Waals surface area contributed by atoms with Crippen LogP contribution in [0.2, 0.25) is 5.15 Å². The second-order valence-corrected chi connectivity index (χ2v) is 5.61. The number of nitrogens with zero attached hydrogens (tertiary/aromatic N) is 3. The maximum atomic E-state index is 12.2. The van der Waals surface area contributed by atoms with E-state index in [1.54, 1.807) is 18.3 Å². The van der Waals surface area contributed by atoms with Gasteiger partial charge in [0.1, 0.15) is 11.0 Å². The molecular weight excluding hydrogens is 288 g/mol. The Morgan fingerprint density at radius 1 is 1.43 bits per heavy atom. The first-order valence-electron chi connectivity index (χ1n) is 6.89. The molecule has 0 aliphatic rings. The first-order chi connectivity index (χ1) is 9.97. The largest absolute Gasteiger partial charge is 0.352 e. The molecular formula is C15H19ClN4O. The van der Waals surface area contributed by atoms with E-state index in [0.717, 1.165) is 11.5 Å². The summed E-state index contributed by atoms with van der Waals surface area (Å²) in [7, 11) is 1.93. The number of pyridine rings is 1. The van der Waals surface area contributed by atoms with E-state index in [4.69, 9.17) is 11.6 Å². The van der Waals surface area contributed by atoms with Gasteiger partial charge in [-0.25, -0.2) is 9.97 Å². The molecule has 0 saturated carbocycles. The van der Waals surface area contributed by atoms with Crippen molar-refractivity contribution >= 4 is 17.5 Å². The summed E-state index contributed by atoms with van der Waals surface area (Å²) < 4.78 is 1.94. The standard InChI is InChI=1S/C15H19ClN4O/c1-10(2)12-8-11(9-13(16)19-12)15(21)18-5-4-14-17-6-7-20(14)3/h6-10H,4-5H2,1-3H3,(H,18,21). The third-order valence-corrected chi connectivity index (χ3v) is 3.42. The Morgan fingerprint density at radius 2 is 2.19 bits per heavy atom. The zero-order valence-electron chi connectivity index (χ0n) is 12.4. The highest BCUT2D eigenvalue weighted by Gasteiger charge is 2.11. The fourth-order valence-corrected chi connectivity index (χ4v) is 2.19. The van der Waals surface area contributed by atoms with Crippen LogP contribution in [-0.4, -0.2) is 27.0 Å². The van der Waals surface area contributed by atoms with Gasteiger partial charge in [0.15, 0.2) is 0 Å². The van der Waals surface area contributed by atoms with Gasteiger partial charge in [0.2, 0.25) is 0 Å². The van der Waals surface area contributed by atoms with Crippen LogP contribution in [0.1, 0.15) is 41.6 Å². The summed E-state index contributed by atoms with van der Waals surface area (Å²) in [6.45, 7) is 4.56. The number of rotatable bonds is 5. The fraction of sp³-hybridized carbons (Fsp3) is 0.400. The number of hydrogen-bond donors (Lipinski definition) is 1. The SMILES string of the molecule is CC(C)c1cc(C(=O)NCCc2nccn2C)cc(Cl)n1. The monoisotopic (exact) mass is 306 g/mol. The van der Waals surface area contributed by atoms with Crippen molar-refractivity contribution in [3.8, 4) is 0 Å². The van der Waals surface area contributed by atoms with Gasteiger partial charge in [-0.1, -0.05) is 25.4 Å². The predicted octanol–water partition coefficient (Wildman–Crippen LogP) is 2.56. The molecule has 2 aromatic heterocycles. The predicted molar refractivity (Wildman–Crippen MR) is 82.6 cm³/mol. The minimum Gasteiger partial charge on any atom is -0.352 e. The van der Waals surface area contributed by atoms with E-state index in [-0.39, 0.29) is 11.8 Å². The van der Waals surface area contributed by atoms with Crippen LogP contribution in [0.25, 0.3) is 0 Å². The van der Waals surface area contributed by atoms with Gasteiger partial charge in [-0.05, 0) is 18.1 Å². The summed E-state index contributed by atoms with van der Waals surface area (Å²) in [6.07, 6.45) is 4.31. The lowest BCUT2D eigenvalue weighted by Gasteiger charge is -2.09. The molecule has 0 bridgehead atoms. The molecule has 0 saturated heterocycles. The number of aryl methyl sites for hydroxylation is 1. The lowest BCUT2D eigenvalue weighted by atomic mass is 10.1. The van der Waals surface area contributed by atoms with Crippen LogP contribution in [0.4, 0.5) is 0 Å². The topological polar surface area (TPSA) is 59.8 Å². The third-order valence-electron chi connectivity index (χ3n) is 3.22. The summed E-state index contributed by atoms with van der Waals surface area (Å²) >= 11 is 5.97. The molecule has 0 fully saturated rings. The molecule has 112 valence electrons. The van der Waals surface area contributed by atoms with E-state index in [2.05, 4.69) is 15.3 Å². The first-order valence-corrected chi connectivity index (χ1v) is 7.27. The summed E-state index contributed by atoms with van der Waals surface area (Å²) in [5.74, 6) is 1.02. The second-order valence-electron chi connectivity index (χ2n) is 5.22. The molecule has 0 unspecified atom stereocenters. The van der Waals surface area contributed by atoms with Crippen molar-refractivity contribution in [1.82, 2.24) is 19.9 Å². The summed E-state index contributed by atoms with van der Waals surface area (Å²) in [5, 5.41) is 3.22. The van der Waals surface area contributed by atoms with Gasteiger partial charge >= 0.3 is 0 Å². The Balaban J connectivity index is 1.98. The van der Waals surface area contributed by atoms with Crippen LogP contribution in [-0.2, 0) is 13.5 Å². The summed E-state index contributed by atoms with van der Waals surface area (Å²) in [6, 6.07) is 3.37. The maximum Gasteiger partial charge on any atom is 0.251 e. The van der Waals surface area contributed by atoms with Gasteiger partial charge < -0.3 is 9.88 Å². The highest BCUT2D eigenvalue weighted by atomic mass is 35.5. The summed E-state index contributed by atoms with van der Waals surface area (Å²) in [4.78, 5) is 20.6. The normalized spacial score (nSPS) is 10.9. The lowest BCUT2D eigenvalue weighted by Crippen LogP contribution is -2.26. The molecule has 0 aliphatic carbocycles. The molecule has 2 aromatic rings. The van der Waals surface area contributed by atoms with E-state index in [9.17, 15) is 4.79 Å². The average molecular weight is 307 g/mol. The van der Waals surface area contributed by atoms with E-state index in [1.165, 1.54) is 0 Å². The molecule has 0 spiro atoms. The number of amides is 1. The van der Waals surface area contributed by atoms with Crippen molar-refractivity contribution in [2.45, 2.75) is 26.2 Å². The van der Waals surface area contributed by atoms with Crippen molar-refractivity contribution < 1.29 is 4.79 Å². The van der Waals surface area contributed by atoms with Crippen LogP contribution < -0.4 is 5.32 Å². The van der Waals surface area contributed by atoms with Crippen LogP contribution in [0.15, 0.2) is 24.5 Å². The van der Waals surface area contributed by atoms with Crippen LogP contribution >= 0.6 is 11.6 Å². The Labute approximate surface area is 129 Å². The molecule has 2 heterocycles. The zero-order chi connectivity index (χ0) is 15.4. The van der Waals surface area contributed by atoms with E-state index >= 15 is 0 Å². The molecule has 0 aromatic carbocycles. The van der Waals surface area contributed by atoms with Gasteiger partial charge in [0.05, 0.1) is 0 Å². The van der Waals surface area contributed by atoms with E-state index in [0.29, 0.717) is 23.7 Å². The average Bonchev–Trinajstić information content (AvgIpc) is 2.83. The fourth-order valence-electron chi connectivity index (χ4n) is 1.97.